The summed E-state index contributed by atoms with van der Waals surface area (Å²) in [5.41, 5.74) is -0.379. The van der Waals surface area contributed by atoms with Crippen LogP contribution in [0.1, 0.15) is 17.3 Å². The van der Waals surface area contributed by atoms with Gasteiger partial charge in [-0.05, 0) is 30.3 Å². The number of thiophene rings is 1. The maximum Gasteiger partial charge on any atom is 0.256 e. The maximum absolute atomic E-state index is 14.3. The number of amides is 1. The molecule has 0 radical (unpaired) electrons. The second-order valence-electron chi connectivity index (χ2n) is 6.40. The monoisotopic (exact) mass is 495 g/mol. The van der Waals surface area contributed by atoms with Gasteiger partial charge in [-0.3, -0.25) is 4.79 Å². The Balaban J connectivity index is 1.76. The van der Waals surface area contributed by atoms with Gasteiger partial charge in [0, 0.05) is 32.7 Å². The fraction of sp³-hybridized carbons (Fsp3) is 0.353. The minimum absolute atomic E-state index is 0.0284. The van der Waals surface area contributed by atoms with E-state index in [-0.39, 0.29) is 47.4 Å². The van der Waals surface area contributed by atoms with Gasteiger partial charge in [0.05, 0.1) is 14.8 Å². The molecular weight excluding hydrogens is 477 g/mol. The molecule has 0 unspecified atom stereocenters. The lowest BCUT2D eigenvalue weighted by molar-refractivity contribution is 0.0693. The molecule has 1 aromatic heterocycles. The highest BCUT2D eigenvalue weighted by molar-refractivity contribution is 7.91. The van der Waals surface area contributed by atoms with Crippen LogP contribution in [0, 0.1) is 5.82 Å². The molecule has 1 fully saturated rings. The molecule has 3 rings (SSSR count). The van der Waals surface area contributed by atoms with Crippen molar-refractivity contribution in [2.24, 2.45) is 0 Å². The SMILES string of the molecule is CCNS(=O)(=O)c1ccc(F)c(C(=O)N2CCN(S(=O)(=O)c3ccc(Cl)s3)CC2)c1. The molecule has 0 bridgehead atoms. The molecule has 1 aliphatic heterocycles. The Kier molecular flexibility index (Phi) is 6.84. The second kappa shape index (κ2) is 8.89. The summed E-state index contributed by atoms with van der Waals surface area (Å²) < 4.78 is 67.8. The maximum atomic E-state index is 14.3. The summed E-state index contributed by atoms with van der Waals surface area (Å²) in [6, 6.07) is 5.92. The zero-order valence-electron chi connectivity index (χ0n) is 15.8. The molecule has 1 aromatic carbocycles. The zero-order valence-corrected chi connectivity index (χ0v) is 19.0. The summed E-state index contributed by atoms with van der Waals surface area (Å²) in [6.07, 6.45) is 0. The summed E-state index contributed by atoms with van der Waals surface area (Å²) in [5, 5.41) is 0. The minimum Gasteiger partial charge on any atom is -0.336 e. The molecular formula is C17H19ClFN3O5S3. The molecule has 0 spiro atoms. The first-order chi connectivity index (χ1) is 14.1. The molecule has 30 heavy (non-hydrogen) atoms. The van der Waals surface area contributed by atoms with E-state index in [0.717, 1.165) is 29.5 Å². The quantitative estimate of drug-likeness (QED) is 0.660. The molecule has 164 valence electrons. The molecule has 1 amide bonds. The Morgan fingerprint density at radius 1 is 1.13 bits per heavy atom. The smallest absolute Gasteiger partial charge is 0.256 e. The number of sulfonamides is 2. The van der Waals surface area contributed by atoms with Crippen LogP contribution in [0.15, 0.2) is 39.4 Å². The van der Waals surface area contributed by atoms with E-state index in [1.165, 1.54) is 21.3 Å². The third-order valence-corrected chi connectivity index (χ3v) is 9.62. The van der Waals surface area contributed by atoms with Gasteiger partial charge in [0.15, 0.2) is 0 Å². The van der Waals surface area contributed by atoms with E-state index >= 15 is 0 Å². The molecule has 1 aliphatic rings. The topological polar surface area (TPSA) is 104 Å². The van der Waals surface area contributed by atoms with Crippen molar-refractivity contribution in [1.29, 1.82) is 0 Å². The fourth-order valence-electron chi connectivity index (χ4n) is 2.97. The van der Waals surface area contributed by atoms with Gasteiger partial charge in [0.25, 0.3) is 15.9 Å². The minimum atomic E-state index is -3.86. The Morgan fingerprint density at radius 2 is 1.80 bits per heavy atom. The van der Waals surface area contributed by atoms with Crippen molar-refractivity contribution in [1.82, 2.24) is 13.9 Å². The van der Waals surface area contributed by atoms with Crippen molar-refractivity contribution in [2.75, 3.05) is 32.7 Å². The van der Waals surface area contributed by atoms with Crippen LogP contribution in [0.5, 0.6) is 0 Å². The molecule has 8 nitrogen and oxygen atoms in total. The normalized spacial score (nSPS) is 16.0. The number of carbonyl (C=O) groups is 1. The van der Waals surface area contributed by atoms with Gasteiger partial charge in [-0.1, -0.05) is 18.5 Å². The van der Waals surface area contributed by atoms with Crippen LogP contribution < -0.4 is 4.72 Å². The Hall–Kier alpha value is -1.57. The average molecular weight is 496 g/mol. The highest BCUT2D eigenvalue weighted by Crippen LogP contribution is 2.29. The van der Waals surface area contributed by atoms with Crippen LogP contribution in [-0.2, 0) is 20.0 Å². The van der Waals surface area contributed by atoms with Crippen molar-refractivity contribution >= 4 is 48.9 Å². The van der Waals surface area contributed by atoms with Crippen LogP contribution in [0.4, 0.5) is 4.39 Å². The molecule has 0 aliphatic carbocycles. The predicted molar refractivity (Wildman–Crippen MR) is 111 cm³/mol. The summed E-state index contributed by atoms with van der Waals surface area (Å²) in [4.78, 5) is 13.9. The number of carbonyl (C=O) groups excluding carboxylic acids is 1. The number of nitrogens with zero attached hydrogens (tertiary/aromatic N) is 2. The van der Waals surface area contributed by atoms with E-state index in [1.54, 1.807) is 6.92 Å². The van der Waals surface area contributed by atoms with Crippen molar-refractivity contribution in [3.8, 4) is 0 Å². The number of halogens is 2. The van der Waals surface area contributed by atoms with Crippen LogP contribution in [0.25, 0.3) is 0 Å². The Morgan fingerprint density at radius 3 is 2.37 bits per heavy atom. The lowest BCUT2D eigenvalue weighted by Crippen LogP contribution is -2.50. The molecule has 0 atom stereocenters. The van der Waals surface area contributed by atoms with Crippen LogP contribution in [-0.4, -0.2) is 64.7 Å². The Bertz CT molecular complexity index is 1160. The zero-order chi connectivity index (χ0) is 22.1. The van der Waals surface area contributed by atoms with Gasteiger partial charge < -0.3 is 4.90 Å². The van der Waals surface area contributed by atoms with Crippen molar-refractivity contribution in [3.63, 3.8) is 0 Å². The molecule has 1 saturated heterocycles. The van der Waals surface area contributed by atoms with Crippen molar-refractivity contribution in [3.05, 3.63) is 46.0 Å². The standard InChI is InChI=1S/C17H19ClFN3O5S3/c1-2-20-29(24,25)12-3-4-14(19)13(11-12)17(23)21-7-9-22(10-8-21)30(26,27)16-6-5-15(18)28-16/h3-6,11,20H,2,7-10H2,1H3. The van der Waals surface area contributed by atoms with Gasteiger partial charge in [0.1, 0.15) is 10.0 Å². The van der Waals surface area contributed by atoms with Gasteiger partial charge in [-0.2, -0.15) is 4.31 Å². The largest absolute Gasteiger partial charge is 0.336 e. The highest BCUT2D eigenvalue weighted by Gasteiger charge is 2.32. The van der Waals surface area contributed by atoms with E-state index in [2.05, 4.69) is 4.72 Å². The van der Waals surface area contributed by atoms with Crippen molar-refractivity contribution in [2.45, 2.75) is 16.0 Å². The number of nitrogens with one attached hydrogen (secondary N) is 1. The first-order valence-electron chi connectivity index (χ1n) is 8.90. The summed E-state index contributed by atoms with van der Waals surface area (Å²) in [6.45, 7) is 1.89. The van der Waals surface area contributed by atoms with Crippen LogP contribution in [0.3, 0.4) is 0 Å². The number of benzene rings is 1. The predicted octanol–water partition coefficient (Wildman–Crippen LogP) is 1.99. The van der Waals surface area contributed by atoms with Crippen LogP contribution in [0.2, 0.25) is 4.34 Å². The number of piperazine rings is 1. The van der Waals surface area contributed by atoms with E-state index in [4.69, 9.17) is 11.6 Å². The van der Waals surface area contributed by atoms with Crippen molar-refractivity contribution < 1.29 is 26.0 Å². The summed E-state index contributed by atoms with van der Waals surface area (Å²) in [7, 11) is -7.58. The Labute approximate surface area is 183 Å². The number of hydrogen-bond donors (Lipinski definition) is 1. The van der Waals surface area contributed by atoms with E-state index in [0.29, 0.717) is 4.34 Å². The van der Waals surface area contributed by atoms with E-state index < -0.39 is 31.8 Å². The van der Waals surface area contributed by atoms with Gasteiger partial charge in [0.2, 0.25) is 10.0 Å². The number of rotatable bonds is 6. The second-order valence-corrected chi connectivity index (χ2v) is 12.0. The summed E-state index contributed by atoms with van der Waals surface area (Å²) in [5.74, 6) is -1.55. The first-order valence-corrected chi connectivity index (χ1v) is 13.0. The van der Waals surface area contributed by atoms with Crippen LogP contribution >= 0.6 is 22.9 Å². The summed E-state index contributed by atoms with van der Waals surface area (Å²) >= 11 is 6.76. The third-order valence-electron chi connectivity index (χ3n) is 4.48. The average Bonchev–Trinajstić information content (AvgIpc) is 3.15. The molecule has 2 heterocycles. The van der Waals surface area contributed by atoms with E-state index in [1.807, 2.05) is 0 Å². The molecule has 0 saturated carbocycles. The first kappa shape index (κ1) is 23.1. The van der Waals surface area contributed by atoms with Gasteiger partial charge in [-0.25, -0.2) is 25.9 Å². The highest BCUT2D eigenvalue weighted by atomic mass is 35.5. The molecule has 13 heteroatoms. The number of hydrogen-bond acceptors (Lipinski definition) is 6. The fourth-order valence-corrected chi connectivity index (χ4v) is 7.10. The van der Waals surface area contributed by atoms with Gasteiger partial charge >= 0.3 is 0 Å². The van der Waals surface area contributed by atoms with E-state index in [9.17, 15) is 26.0 Å². The van der Waals surface area contributed by atoms with Gasteiger partial charge in [-0.15, -0.1) is 11.3 Å². The lowest BCUT2D eigenvalue weighted by atomic mass is 10.1. The third kappa shape index (κ3) is 4.68. The molecule has 2 aromatic rings. The lowest BCUT2D eigenvalue weighted by Gasteiger charge is -2.33. The molecule has 1 N–H and O–H groups in total.